The van der Waals surface area contributed by atoms with Crippen molar-refractivity contribution in [2.24, 2.45) is 5.92 Å². The molecule has 5 nitrogen and oxygen atoms in total. The Kier molecular flexibility index (Phi) is 4.94. The van der Waals surface area contributed by atoms with Crippen molar-refractivity contribution in [2.75, 3.05) is 11.9 Å². The summed E-state index contributed by atoms with van der Waals surface area (Å²) in [5.74, 6) is 0.831. The van der Waals surface area contributed by atoms with Gasteiger partial charge >= 0.3 is 0 Å². The molecule has 1 aliphatic rings. The Hall–Kier alpha value is -2.09. The average Bonchev–Trinajstić information content (AvgIpc) is 2.96. The van der Waals surface area contributed by atoms with Crippen LogP contribution in [0.1, 0.15) is 44.1 Å². The van der Waals surface area contributed by atoms with Crippen LogP contribution in [0.3, 0.4) is 0 Å². The first-order chi connectivity index (χ1) is 9.70. The van der Waals surface area contributed by atoms with Gasteiger partial charge in [-0.3, -0.25) is 10.1 Å². The summed E-state index contributed by atoms with van der Waals surface area (Å²) in [6, 6.07) is 6.42. The molecule has 5 heteroatoms. The second-order valence-corrected chi connectivity index (χ2v) is 5.32. The highest BCUT2D eigenvalue weighted by Crippen LogP contribution is 2.29. The Bertz CT molecular complexity index is 516. The van der Waals surface area contributed by atoms with Gasteiger partial charge in [-0.15, -0.1) is 0 Å². The SMILES string of the molecule is N#Cc1ccc([N+](=O)[O-])c(NCCCC2CCCC2)c1. The van der Waals surface area contributed by atoms with Crippen molar-refractivity contribution >= 4 is 11.4 Å². The van der Waals surface area contributed by atoms with Crippen LogP contribution in [-0.2, 0) is 0 Å². The minimum absolute atomic E-state index is 0.0323. The summed E-state index contributed by atoms with van der Waals surface area (Å²) in [5.41, 5.74) is 0.916. The number of benzene rings is 1. The van der Waals surface area contributed by atoms with E-state index in [1.54, 1.807) is 6.07 Å². The fourth-order valence-corrected chi connectivity index (χ4v) is 2.82. The number of hydrogen-bond donors (Lipinski definition) is 1. The third-order valence-electron chi connectivity index (χ3n) is 3.90. The summed E-state index contributed by atoms with van der Waals surface area (Å²) in [4.78, 5) is 10.5. The van der Waals surface area contributed by atoms with Crippen molar-refractivity contribution in [3.05, 3.63) is 33.9 Å². The van der Waals surface area contributed by atoms with Crippen LogP contribution in [0, 0.1) is 27.4 Å². The molecule has 0 aliphatic heterocycles. The van der Waals surface area contributed by atoms with E-state index in [1.165, 1.54) is 44.2 Å². The summed E-state index contributed by atoms with van der Waals surface area (Å²) >= 11 is 0. The Morgan fingerprint density at radius 2 is 2.15 bits per heavy atom. The monoisotopic (exact) mass is 273 g/mol. The number of nitro groups is 1. The molecular formula is C15H19N3O2. The van der Waals surface area contributed by atoms with E-state index in [-0.39, 0.29) is 5.69 Å². The van der Waals surface area contributed by atoms with Crippen LogP contribution in [0.4, 0.5) is 11.4 Å². The molecule has 0 saturated heterocycles. The van der Waals surface area contributed by atoms with Gasteiger partial charge in [-0.1, -0.05) is 25.7 Å². The highest BCUT2D eigenvalue weighted by Gasteiger charge is 2.16. The number of hydrogen-bond acceptors (Lipinski definition) is 4. The predicted octanol–water partition coefficient (Wildman–Crippen LogP) is 3.85. The molecule has 0 radical (unpaired) electrons. The smallest absolute Gasteiger partial charge is 0.292 e. The largest absolute Gasteiger partial charge is 0.379 e. The van der Waals surface area contributed by atoms with E-state index in [9.17, 15) is 10.1 Å². The van der Waals surface area contributed by atoms with Gasteiger partial charge in [0.15, 0.2) is 0 Å². The predicted molar refractivity (Wildman–Crippen MR) is 77.5 cm³/mol. The first-order valence-electron chi connectivity index (χ1n) is 7.13. The first-order valence-corrected chi connectivity index (χ1v) is 7.13. The molecule has 1 aromatic carbocycles. The third kappa shape index (κ3) is 3.70. The van der Waals surface area contributed by atoms with Gasteiger partial charge in [0.05, 0.1) is 16.6 Å². The van der Waals surface area contributed by atoms with E-state index >= 15 is 0 Å². The first kappa shape index (κ1) is 14.3. The molecule has 0 amide bonds. The zero-order valence-electron chi connectivity index (χ0n) is 11.5. The van der Waals surface area contributed by atoms with Crippen LogP contribution in [0.25, 0.3) is 0 Å². The Balaban J connectivity index is 1.90. The minimum Gasteiger partial charge on any atom is -0.379 e. The normalized spacial score (nSPS) is 14.9. The van der Waals surface area contributed by atoms with Gasteiger partial charge in [0.1, 0.15) is 5.69 Å². The molecule has 2 rings (SSSR count). The fraction of sp³-hybridized carbons (Fsp3) is 0.533. The summed E-state index contributed by atoms with van der Waals surface area (Å²) < 4.78 is 0. The summed E-state index contributed by atoms with van der Waals surface area (Å²) in [6.45, 7) is 0.715. The number of nitrogens with zero attached hydrogens (tertiary/aromatic N) is 2. The van der Waals surface area contributed by atoms with E-state index < -0.39 is 4.92 Å². The molecule has 106 valence electrons. The number of nitro benzene ring substituents is 1. The van der Waals surface area contributed by atoms with Crippen LogP contribution in [0.2, 0.25) is 0 Å². The molecule has 1 aliphatic carbocycles. The number of nitrogens with one attached hydrogen (secondary N) is 1. The second kappa shape index (κ2) is 6.90. The molecule has 0 spiro atoms. The highest BCUT2D eigenvalue weighted by atomic mass is 16.6. The third-order valence-corrected chi connectivity index (χ3v) is 3.90. The maximum absolute atomic E-state index is 10.9. The average molecular weight is 273 g/mol. The molecule has 0 bridgehead atoms. The van der Waals surface area contributed by atoms with Crippen LogP contribution in [0.5, 0.6) is 0 Å². The van der Waals surface area contributed by atoms with E-state index in [0.29, 0.717) is 17.8 Å². The maximum atomic E-state index is 10.9. The molecule has 1 saturated carbocycles. The van der Waals surface area contributed by atoms with E-state index in [4.69, 9.17) is 5.26 Å². The molecule has 0 unspecified atom stereocenters. The van der Waals surface area contributed by atoms with Gasteiger partial charge in [0.2, 0.25) is 0 Å². The zero-order valence-corrected chi connectivity index (χ0v) is 11.5. The molecule has 0 heterocycles. The van der Waals surface area contributed by atoms with E-state index in [0.717, 1.165) is 12.3 Å². The summed E-state index contributed by atoms with van der Waals surface area (Å²) in [6.07, 6.45) is 7.52. The lowest BCUT2D eigenvalue weighted by Crippen LogP contribution is -2.06. The van der Waals surface area contributed by atoms with Crippen LogP contribution in [0.15, 0.2) is 18.2 Å². The van der Waals surface area contributed by atoms with Crippen molar-refractivity contribution in [1.29, 1.82) is 5.26 Å². The van der Waals surface area contributed by atoms with Crippen LogP contribution >= 0.6 is 0 Å². The number of nitriles is 1. The van der Waals surface area contributed by atoms with Gasteiger partial charge < -0.3 is 5.32 Å². The molecule has 1 aromatic rings. The Labute approximate surface area is 118 Å². The quantitative estimate of drug-likeness (QED) is 0.485. The van der Waals surface area contributed by atoms with Gasteiger partial charge in [0.25, 0.3) is 5.69 Å². The highest BCUT2D eigenvalue weighted by molar-refractivity contribution is 5.64. The molecule has 1 fully saturated rings. The van der Waals surface area contributed by atoms with Crippen LogP contribution < -0.4 is 5.32 Å². The van der Waals surface area contributed by atoms with E-state index in [1.807, 2.05) is 6.07 Å². The lowest BCUT2D eigenvalue weighted by Gasteiger charge is -2.10. The Morgan fingerprint density at radius 3 is 2.80 bits per heavy atom. The van der Waals surface area contributed by atoms with Gasteiger partial charge in [-0.25, -0.2) is 0 Å². The zero-order chi connectivity index (χ0) is 14.4. The van der Waals surface area contributed by atoms with Gasteiger partial charge in [-0.05, 0) is 30.9 Å². The van der Waals surface area contributed by atoms with E-state index in [2.05, 4.69) is 5.32 Å². The number of rotatable bonds is 6. The van der Waals surface area contributed by atoms with Crippen molar-refractivity contribution in [2.45, 2.75) is 38.5 Å². The van der Waals surface area contributed by atoms with Crippen molar-refractivity contribution in [1.82, 2.24) is 0 Å². The minimum atomic E-state index is -0.416. The summed E-state index contributed by atoms with van der Waals surface area (Å²) in [7, 11) is 0. The Morgan fingerprint density at radius 1 is 1.40 bits per heavy atom. The van der Waals surface area contributed by atoms with Crippen LogP contribution in [-0.4, -0.2) is 11.5 Å². The van der Waals surface area contributed by atoms with Gasteiger partial charge in [0, 0.05) is 12.6 Å². The molecule has 0 aromatic heterocycles. The lowest BCUT2D eigenvalue weighted by atomic mass is 10.0. The molecule has 20 heavy (non-hydrogen) atoms. The van der Waals surface area contributed by atoms with Crippen molar-refractivity contribution in [3.8, 4) is 6.07 Å². The second-order valence-electron chi connectivity index (χ2n) is 5.32. The van der Waals surface area contributed by atoms with Crippen molar-refractivity contribution in [3.63, 3.8) is 0 Å². The van der Waals surface area contributed by atoms with Crippen molar-refractivity contribution < 1.29 is 4.92 Å². The number of anilines is 1. The molecule has 0 atom stereocenters. The lowest BCUT2D eigenvalue weighted by molar-refractivity contribution is -0.384. The fourth-order valence-electron chi connectivity index (χ4n) is 2.82. The maximum Gasteiger partial charge on any atom is 0.292 e. The molecular weight excluding hydrogens is 254 g/mol. The topological polar surface area (TPSA) is 79.0 Å². The van der Waals surface area contributed by atoms with Gasteiger partial charge in [-0.2, -0.15) is 5.26 Å². The molecule has 1 N–H and O–H groups in total. The summed E-state index contributed by atoms with van der Waals surface area (Å²) in [5, 5.41) is 22.9. The standard InChI is InChI=1S/C15H19N3O2/c16-11-13-7-8-15(18(19)20)14(10-13)17-9-3-6-12-4-1-2-5-12/h7-8,10,12,17H,1-6,9H2.